The smallest absolute Gasteiger partial charge is 0.0721 e. The molecule has 0 radical (unpaired) electrons. The molecular weight excluding hydrogens is 183 g/mol. The van der Waals surface area contributed by atoms with Gasteiger partial charge >= 0.3 is 0 Å². The van der Waals surface area contributed by atoms with E-state index < -0.39 is 13.2 Å². The summed E-state index contributed by atoms with van der Waals surface area (Å²) in [4.78, 5) is 10.5. The van der Waals surface area contributed by atoms with E-state index >= 15 is 0 Å². The zero-order chi connectivity index (χ0) is 10.5. The summed E-state index contributed by atoms with van der Waals surface area (Å²) < 4.78 is 0. The molecule has 0 saturated carbocycles. The van der Waals surface area contributed by atoms with Crippen molar-refractivity contribution >= 4 is 13.2 Å². The van der Waals surface area contributed by atoms with Gasteiger partial charge in [0.05, 0.1) is 24.1 Å². The van der Waals surface area contributed by atoms with Crippen LogP contribution in [0.15, 0.2) is 0 Å². The first-order valence-corrected chi connectivity index (χ1v) is 7.49. The first kappa shape index (κ1) is 12.9. The van der Waals surface area contributed by atoms with Gasteiger partial charge in [0.15, 0.2) is 0 Å². The fraction of sp³-hybridized carbons (Fsp3) is 0.900. The van der Waals surface area contributed by atoms with Crippen LogP contribution in [0.3, 0.4) is 0 Å². The lowest BCUT2D eigenvalue weighted by Gasteiger charge is -2.30. The number of aliphatic carboxylic acids is 1. The SMILES string of the molecule is CC[P+](CC)(CC)C(C)CC(=O)[O-]. The maximum atomic E-state index is 10.5. The van der Waals surface area contributed by atoms with E-state index in [9.17, 15) is 9.90 Å². The number of carbonyl (C=O) groups is 1. The molecular formula is C10H21O2P. The molecule has 0 heterocycles. The first-order valence-electron chi connectivity index (χ1n) is 5.08. The average Bonchev–Trinajstić information content (AvgIpc) is 2.07. The molecule has 0 aliphatic carbocycles. The minimum atomic E-state index is -1.00. The van der Waals surface area contributed by atoms with Gasteiger partial charge in [0, 0.05) is 19.7 Å². The van der Waals surface area contributed by atoms with Crippen LogP contribution in [0.1, 0.15) is 34.1 Å². The number of hydrogen-bond donors (Lipinski definition) is 0. The fourth-order valence-electron chi connectivity index (χ4n) is 2.04. The maximum Gasteiger partial charge on any atom is 0.0721 e. The molecule has 0 amide bonds. The van der Waals surface area contributed by atoms with Crippen molar-refractivity contribution in [1.82, 2.24) is 0 Å². The third kappa shape index (κ3) is 3.27. The lowest BCUT2D eigenvalue weighted by atomic mass is 10.3. The second-order valence-corrected chi connectivity index (χ2v) is 8.81. The van der Waals surface area contributed by atoms with Crippen molar-refractivity contribution in [3.05, 3.63) is 0 Å². The summed E-state index contributed by atoms with van der Waals surface area (Å²) >= 11 is 0. The van der Waals surface area contributed by atoms with Crippen LogP contribution in [0, 0.1) is 0 Å². The van der Waals surface area contributed by atoms with Gasteiger partial charge in [-0.05, 0) is 27.7 Å². The molecule has 3 heteroatoms. The molecule has 1 atom stereocenters. The summed E-state index contributed by atoms with van der Waals surface area (Å²) in [5.41, 5.74) is 0.331. The summed E-state index contributed by atoms with van der Waals surface area (Å²) in [5, 5.41) is 10.5. The minimum absolute atomic E-state index is 0.239. The predicted octanol–water partition coefficient (Wildman–Crippen LogP) is 1.59. The summed E-state index contributed by atoms with van der Waals surface area (Å²) in [6, 6.07) is 0. The van der Waals surface area contributed by atoms with E-state index in [1.807, 2.05) is 0 Å². The molecule has 0 saturated heterocycles. The Kier molecular flexibility index (Phi) is 5.55. The number of carboxylic acids is 1. The zero-order valence-corrected chi connectivity index (χ0v) is 10.1. The third-order valence-corrected chi connectivity index (χ3v) is 9.12. The number of rotatable bonds is 6. The van der Waals surface area contributed by atoms with Gasteiger partial charge in [-0.3, -0.25) is 0 Å². The molecule has 0 aromatic rings. The maximum absolute atomic E-state index is 10.5. The van der Waals surface area contributed by atoms with Crippen molar-refractivity contribution in [3.63, 3.8) is 0 Å². The van der Waals surface area contributed by atoms with Crippen LogP contribution in [0.25, 0.3) is 0 Å². The summed E-state index contributed by atoms with van der Waals surface area (Å²) in [6.07, 6.45) is 3.72. The highest BCUT2D eigenvalue weighted by atomic mass is 31.2. The van der Waals surface area contributed by atoms with E-state index in [0.717, 1.165) is 18.5 Å². The predicted molar refractivity (Wildman–Crippen MR) is 57.6 cm³/mol. The van der Waals surface area contributed by atoms with E-state index in [4.69, 9.17) is 0 Å². The number of hydrogen-bond acceptors (Lipinski definition) is 2. The quantitative estimate of drug-likeness (QED) is 0.616. The van der Waals surface area contributed by atoms with Crippen molar-refractivity contribution in [2.45, 2.75) is 39.8 Å². The molecule has 0 bridgehead atoms. The molecule has 13 heavy (non-hydrogen) atoms. The van der Waals surface area contributed by atoms with Gasteiger partial charge in [-0.1, -0.05) is 0 Å². The van der Waals surface area contributed by atoms with Gasteiger partial charge < -0.3 is 9.90 Å². The molecule has 0 spiro atoms. The van der Waals surface area contributed by atoms with Gasteiger partial charge in [-0.25, -0.2) is 0 Å². The third-order valence-electron chi connectivity index (χ3n) is 3.29. The zero-order valence-electron chi connectivity index (χ0n) is 9.17. The standard InChI is InChI=1S/C10H21O2P/c1-5-13(6-2,7-3)9(4)8-10(11)12/h9H,5-8H2,1-4H3. The molecule has 0 fully saturated rings. The summed E-state index contributed by atoms with van der Waals surface area (Å²) in [5.74, 6) is -0.896. The minimum Gasteiger partial charge on any atom is -0.550 e. The van der Waals surface area contributed by atoms with Crippen LogP contribution in [-0.4, -0.2) is 30.1 Å². The number of carboxylic acid groups (broad SMARTS) is 1. The second-order valence-electron chi connectivity index (χ2n) is 3.59. The van der Waals surface area contributed by atoms with Gasteiger partial charge in [-0.15, -0.1) is 0 Å². The highest BCUT2D eigenvalue weighted by molar-refractivity contribution is 7.76. The van der Waals surface area contributed by atoms with Gasteiger partial charge in [0.1, 0.15) is 0 Å². The van der Waals surface area contributed by atoms with Gasteiger partial charge in [0.25, 0.3) is 0 Å². The Morgan fingerprint density at radius 2 is 1.62 bits per heavy atom. The van der Waals surface area contributed by atoms with Crippen molar-refractivity contribution in [3.8, 4) is 0 Å². The van der Waals surface area contributed by atoms with Crippen molar-refractivity contribution in [1.29, 1.82) is 0 Å². The van der Waals surface area contributed by atoms with Crippen molar-refractivity contribution < 1.29 is 9.90 Å². The van der Waals surface area contributed by atoms with E-state index in [1.54, 1.807) is 0 Å². The van der Waals surface area contributed by atoms with Gasteiger partial charge in [-0.2, -0.15) is 0 Å². The highest BCUT2D eigenvalue weighted by Crippen LogP contribution is 2.62. The molecule has 78 valence electrons. The van der Waals surface area contributed by atoms with Crippen LogP contribution < -0.4 is 5.11 Å². The lowest BCUT2D eigenvalue weighted by Crippen LogP contribution is -2.29. The van der Waals surface area contributed by atoms with Crippen molar-refractivity contribution in [2.75, 3.05) is 18.5 Å². The highest BCUT2D eigenvalue weighted by Gasteiger charge is 2.37. The Labute approximate surface area is 82.1 Å². The van der Waals surface area contributed by atoms with Crippen LogP contribution >= 0.6 is 7.26 Å². The van der Waals surface area contributed by atoms with E-state index in [0.29, 0.717) is 5.66 Å². The molecule has 0 aromatic heterocycles. The second kappa shape index (κ2) is 5.59. The molecule has 0 aliphatic heterocycles. The average molecular weight is 204 g/mol. The van der Waals surface area contributed by atoms with Gasteiger partial charge in [0.2, 0.25) is 0 Å². The Morgan fingerprint density at radius 1 is 1.23 bits per heavy atom. The lowest BCUT2D eigenvalue weighted by molar-refractivity contribution is -0.305. The van der Waals surface area contributed by atoms with Crippen LogP contribution in [0.5, 0.6) is 0 Å². The molecule has 0 N–H and O–H groups in total. The van der Waals surface area contributed by atoms with E-state index in [1.165, 1.54) is 0 Å². The van der Waals surface area contributed by atoms with Crippen LogP contribution in [-0.2, 0) is 4.79 Å². The van der Waals surface area contributed by atoms with E-state index in [2.05, 4.69) is 27.7 Å². The summed E-state index contributed by atoms with van der Waals surface area (Å²) in [7, 11) is -1.00. The number of carbonyl (C=O) groups excluding carboxylic acids is 1. The largest absolute Gasteiger partial charge is 0.550 e. The topological polar surface area (TPSA) is 40.1 Å². The molecule has 0 rings (SSSR count). The van der Waals surface area contributed by atoms with Crippen LogP contribution in [0.4, 0.5) is 0 Å². The normalized spacial score (nSPS) is 14.2. The van der Waals surface area contributed by atoms with E-state index in [-0.39, 0.29) is 6.42 Å². The molecule has 0 aliphatic rings. The first-order chi connectivity index (χ1) is 6.02. The molecule has 2 nitrogen and oxygen atoms in total. The Bertz CT molecular complexity index is 156. The van der Waals surface area contributed by atoms with Crippen LogP contribution in [0.2, 0.25) is 0 Å². The molecule has 1 unspecified atom stereocenters. The monoisotopic (exact) mass is 204 g/mol. The van der Waals surface area contributed by atoms with Crippen molar-refractivity contribution in [2.24, 2.45) is 0 Å². The Balaban J connectivity index is 4.43. The Hall–Kier alpha value is -0.100. The summed E-state index contributed by atoms with van der Waals surface area (Å²) in [6.45, 7) is 8.63. The molecule has 0 aromatic carbocycles. The Morgan fingerprint density at radius 3 is 1.85 bits per heavy atom. The fourth-order valence-corrected chi connectivity index (χ4v) is 5.79.